The Labute approximate surface area is 112 Å². The molecule has 2 aromatic rings. The summed E-state index contributed by atoms with van der Waals surface area (Å²) in [5, 5.41) is 0.641. The molecular weight excluding hydrogens is 240 g/mol. The van der Waals surface area contributed by atoms with Crippen molar-refractivity contribution in [3.8, 4) is 0 Å². The number of nitrogens with zero attached hydrogens (tertiary/aromatic N) is 1. The molecule has 0 radical (unpaired) electrons. The standard InChI is InChI=1S/C15H16N2S/c16-15(17-11-13-7-3-1-4-8-13)18-12-14-9-5-2-6-10-14/h1-10H,11-12H2,(H2,16,17). The summed E-state index contributed by atoms with van der Waals surface area (Å²) >= 11 is 1.58. The molecule has 92 valence electrons. The molecule has 0 atom stereocenters. The predicted octanol–water partition coefficient (Wildman–Crippen LogP) is 3.43. The van der Waals surface area contributed by atoms with Gasteiger partial charge in [0, 0.05) is 5.75 Å². The zero-order valence-electron chi connectivity index (χ0n) is 10.1. The van der Waals surface area contributed by atoms with E-state index in [4.69, 9.17) is 5.73 Å². The molecule has 0 aliphatic carbocycles. The van der Waals surface area contributed by atoms with E-state index in [1.807, 2.05) is 36.4 Å². The minimum atomic E-state index is 0.641. The highest BCUT2D eigenvalue weighted by molar-refractivity contribution is 8.13. The minimum Gasteiger partial charge on any atom is -0.379 e. The fourth-order valence-corrected chi connectivity index (χ4v) is 2.19. The van der Waals surface area contributed by atoms with E-state index in [0.717, 1.165) is 5.75 Å². The molecular formula is C15H16N2S. The Balaban J connectivity index is 1.83. The quantitative estimate of drug-likeness (QED) is 0.672. The van der Waals surface area contributed by atoms with E-state index in [1.54, 1.807) is 11.8 Å². The van der Waals surface area contributed by atoms with Crippen molar-refractivity contribution >= 4 is 16.9 Å². The Kier molecular flexibility index (Phi) is 4.85. The van der Waals surface area contributed by atoms with Gasteiger partial charge in [0.05, 0.1) is 6.54 Å². The van der Waals surface area contributed by atoms with Gasteiger partial charge >= 0.3 is 0 Å². The SMILES string of the molecule is NC(=NCc1ccccc1)SCc1ccccc1. The molecule has 0 amide bonds. The van der Waals surface area contributed by atoms with Crippen molar-refractivity contribution in [2.75, 3.05) is 0 Å². The number of hydrogen-bond donors (Lipinski definition) is 1. The second-order valence-electron chi connectivity index (χ2n) is 3.91. The molecule has 2 nitrogen and oxygen atoms in total. The Morgan fingerprint density at radius 3 is 2.06 bits per heavy atom. The van der Waals surface area contributed by atoms with Crippen molar-refractivity contribution in [3.63, 3.8) is 0 Å². The first kappa shape index (κ1) is 12.7. The number of aliphatic imine (C=N–C) groups is 1. The highest BCUT2D eigenvalue weighted by Gasteiger charge is 1.96. The van der Waals surface area contributed by atoms with Crippen LogP contribution in [0.1, 0.15) is 11.1 Å². The first-order chi connectivity index (χ1) is 8.84. The van der Waals surface area contributed by atoms with Crippen molar-refractivity contribution < 1.29 is 0 Å². The van der Waals surface area contributed by atoms with Crippen LogP contribution in [-0.2, 0) is 12.3 Å². The topological polar surface area (TPSA) is 38.4 Å². The predicted molar refractivity (Wildman–Crippen MR) is 79.5 cm³/mol. The number of thioether (sulfide) groups is 1. The Hall–Kier alpha value is -1.74. The normalized spacial score (nSPS) is 11.4. The maximum absolute atomic E-state index is 5.88. The second kappa shape index (κ2) is 6.87. The molecule has 18 heavy (non-hydrogen) atoms. The summed E-state index contributed by atoms with van der Waals surface area (Å²) < 4.78 is 0. The third-order valence-electron chi connectivity index (χ3n) is 2.49. The van der Waals surface area contributed by atoms with Crippen LogP contribution >= 0.6 is 11.8 Å². The van der Waals surface area contributed by atoms with Crippen LogP contribution in [0.2, 0.25) is 0 Å². The number of hydrogen-bond acceptors (Lipinski definition) is 2. The van der Waals surface area contributed by atoms with Crippen molar-refractivity contribution in [1.82, 2.24) is 0 Å². The third-order valence-corrected chi connectivity index (χ3v) is 3.39. The summed E-state index contributed by atoms with van der Waals surface area (Å²) in [7, 11) is 0. The van der Waals surface area contributed by atoms with Crippen LogP contribution in [0.25, 0.3) is 0 Å². The van der Waals surface area contributed by atoms with Crippen molar-refractivity contribution in [3.05, 3.63) is 71.8 Å². The fraction of sp³-hybridized carbons (Fsp3) is 0.133. The van der Waals surface area contributed by atoms with Crippen LogP contribution < -0.4 is 5.73 Å². The van der Waals surface area contributed by atoms with Gasteiger partial charge in [0.15, 0.2) is 5.17 Å². The van der Waals surface area contributed by atoms with Crippen molar-refractivity contribution in [2.45, 2.75) is 12.3 Å². The van der Waals surface area contributed by atoms with Crippen molar-refractivity contribution in [2.24, 2.45) is 10.7 Å². The molecule has 2 N–H and O–H groups in total. The Bertz CT molecular complexity index is 494. The van der Waals surface area contributed by atoms with Gasteiger partial charge in [-0.05, 0) is 11.1 Å². The lowest BCUT2D eigenvalue weighted by molar-refractivity contribution is 1.07. The summed E-state index contributed by atoms with van der Waals surface area (Å²) in [5.74, 6) is 0.866. The first-order valence-corrected chi connectivity index (χ1v) is 6.84. The average Bonchev–Trinajstić information content (AvgIpc) is 2.45. The van der Waals surface area contributed by atoms with Gasteiger partial charge < -0.3 is 5.73 Å². The van der Waals surface area contributed by atoms with Crippen LogP contribution in [0.3, 0.4) is 0 Å². The highest BCUT2D eigenvalue weighted by Crippen LogP contribution is 2.12. The minimum absolute atomic E-state index is 0.641. The fourth-order valence-electron chi connectivity index (χ4n) is 1.53. The summed E-state index contributed by atoms with van der Waals surface area (Å²) in [5.41, 5.74) is 8.33. The summed E-state index contributed by atoms with van der Waals surface area (Å²) in [4.78, 5) is 4.37. The Morgan fingerprint density at radius 2 is 1.44 bits per heavy atom. The lowest BCUT2D eigenvalue weighted by Crippen LogP contribution is -2.07. The molecule has 0 spiro atoms. The molecule has 0 aromatic heterocycles. The van der Waals surface area contributed by atoms with E-state index in [9.17, 15) is 0 Å². The number of rotatable bonds is 4. The van der Waals surface area contributed by atoms with E-state index in [1.165, 1.54) is 11.1 Å². The maximum atomic E-state index is 5.88. The molecule has 0 aliphatic rings. The van der Waals surface area contributed by atoms with Gasteiger partial charge in [0.1, 0.15) is 0 Å². The third kappa shape index (κ3) is 4.26. The largest absolute Gasteiger partial charge is 0.379 e. The van der Waals surface area contributed by atoms with Crippen molar-refractivity contribution in [1.29, 1.82) is 0 Å². The van der Waals surface area contributed by atoms with Crippen LogP contribution in [0.15, 0.2) is 65.7 Å². The molecule has 2 rings (SSSR count). The summed E-state index contributed by atoms with van der Waals surface area (Å²) in [6, 6.07) is 20.4. The molecule has 0 saturated heterocycles. The zero-order chi connectivity index (χ0) is 12.6. The van der Waals surface area contributed by atoms with Gasteiger partial charge in [-0.3, -0.25) is 4.99 Å². The number of benzene rings is 2. The summed E-state index contributed by atoms with van der Waals surface area (Å²) in [6.07, 6.45) is 0. The second-order valence-corrected chi connectivity index (χ2v) is 4.91. The highest BCUT2D eigenvalue weighted by atomic mass is 32.2. The van der Waals surface area contributed by atoms with Crippen LogP contribution in [0.4, 0.5) is 0 Å². The molecule has 0 aliphatic heterocycles. The number of nitrogens with two attached hydrogens (primary N) is 1. The van der Waals surface area contributed by atoms with E-state index in [0.29, 0.717) is 11.7 Å². The lowest BCUT2D eigenvalue weighted by atomic mass is 10.2. The molecule has 0 heterocycles. The molecule has 3 heteroatoms. The number of amidine groups is 1. The first-order valence-electron chi connectivity index (χ1n) is 5.85. The molecule has 0 unspecified atom stereocenters. The monoisotopic (exact) mass is 256 g/mol. The smallest absolute Gasteiger partial charge is 0.154 e. The Morgan fingerprint density at radius 1 is 0.889 bits per heavy atom. The van der Waals surface area contributed by atoms with E-state index in [-0.39, 0.29) is 0 Å². The van der Waals surface area contributed by atoms with Gasteiger partial charge in [-0.15, -0.1) is 0 Å². The van der Waals surface area contributed by atoms with Gasteiger partial charge in [-0.2, -0.15) is 0 Å². The molecule has 0 saturated carbocycles. The van der Waals surface area contributed by atoms with E-state index in [2.05, 4.69) is 29.3 Å². The zero-order valence-corrected chi connectivity index (χ0v) is 10.9. The van der Waals surface area contributed by atoms with Gasteiger partial charge in [0.25, 0.3) is 0 Å². The van der Waals surface area contributed by atoms with E-state index < -0.39 is 0 Å². The maximum Gasteiger partial charge on any atom is 0.154 e. The van der Waals surface area contributed by atoms with Gasteiger partial charge in [-0.25, -0.2) is 0 Å². The van der Waals surface area contributed by atoms with Gasteiger partial charge in [0.2, 0.25) is 0 Å². The summed E-state index contributed by atoms with van der Waals surface area (Å²) in [6.45, 7) is 0.647. The van der Waals surface area contributed by atoms with E-state index >= 15 is 0 Å². The lowest BCUT2D eigenvalue weighted by Gasteiger charge is -2.01. The average molecular weight is 256 g/mol. The molecule has 0 bridgehead atoms. The molecule has 0 fully saturated rings. The van der Waals surface area contributed by atoms with Crippen LogP contribution in [-0.4, -0.2) is 5.17 Å². The van der Waals surface area contributed by atoms with Crippen LogP contribution in [0, 0.1) is 0 Å². The van der Waals surface area contributed by atoms with Crippen LogP contribution in [0.5, 0.6) is 0 Å². The molecule has 2 aromatic carbocycles. The van der Waals surface area contributed by atoms with Gasteiger partial charge in [-0.1, -0.05) is 72.4 Å².